The molecule has 0 bridgehead atoms. The average Bonchev–Trinajstić information content (AvgIpc) is 3.30. The van der Waals surface area contributed by atoms with Gasteiger partial charge in [0.2, 0.25) is 5.91 Å². The third kappa shape index (κ3) is 5.93. The zero-order valence-electron chi connectivity index (χ0n) is 19.8. The summed E-state index contributed by atoms with van der Waals surface area (Å²) in [5, 5.41) is 3.02. The number of nitrogens with zero attached hydrogens (tertiary/aromatic N) is 3. The molecule has 35 heavy (non-hydrogen) atoms. The molecule has 6 nitrogen and oxygen atoms in total. The van der Waals surface area contributed by atoms with Gasteiger partial charge in [-0.1, -0.05) is 53.8 Å². The minimum Gasteiger partial charge on any atom is -0.497 e. The number of halogens is 1. The Morgan fingerprint density at radius 1 is 1.11 bits per heavy atom. The number of fused-ring (bicyclic) bond motifs is 2. The third-order valence-corrected chi connectivity index (χ3v) is 7.36. The van der Waals surface area contributed by atoms with E-state index in [-0.39, 0.29) is 18.3 Å². The van der Waals surface area contributed by atoms with Gasteiger partial charge in [0.05, 0.1) is 37.0 Å². The minimum atomic E-state index is 0. The lowest BCUT2D eigenvalue weighted by Crippen LogP contribution is -2.39. The molecule has 0 N–H and O–H groups in total. The van der Waals surface area contributed by atoms with Crippen molar-refractivity contribution in [1.82, 2.24) is 9.88 Å². The Morgan fingerprint density at radius 3 is 2.74 bits per heavy atom. The number of hydrogen-bond donors (Lipinski definition) is 0. The Kier molecular flexibility index (Phi) is 8.57. The zero-order valence-corrected chi connectivity index (χ0v) is 21.4. The quantitative estimate of drug-likeness (QED) is 0.326. The van der Waals surface area contributed by atoms with Crippen LogP contribution in [0.3, 0.4) is 0 Å². The van der Waals surface area contributed by atoms with Crippen molar-refractivity contribution in [3.05, 3.63) is 66.2 Å². The van der Waals surface area contributed by atoms with E-state index in [0.29, 0.717) is 13.0 Å². The number of rotatable bonds is 8. The van der Waals surface area contributed by atoms with E-state index in [4.69, 9.17) is 14.5 Å². The van der Waals surface area contributed by atoms with Crippen molar-refractivity contribution in [3.8, 4) is 5.75 Å². The van der Waals surface area contributed by atoms with Gasteiger partial charge in [-0.2, -0.15) is 0 Å². The maximum absolute atomic E-state index is 13.7. The second-order valence-corrected chi connectivity index (χ2v) is 9.51. The van der Waals surface area contributed by atoms with Crippen LogP contribution in [0.25, 0.3) is 21.0 Å². The van der Waals surface area contributed by atoms with Crippen molar-refractivity contribution in [2.45, 2.75) is 12.8 Å². The normalized spacial score (nSPS) is 14.1. The van der Waals surface area contributed by atoms with Crippen LogP contribution < -0.4 is 9.64 Å². The van der Waals surface area contributed by atoms with Gasteiger partial charge in [0.1, 0.15) is 5.75 Å². The minimum absolute atomic E-state index is 0. The molecular weight excluding hydrogens is 482 g/mol. The molecule has 184 valence electrons. The zero-order chi connectivity index (χ0) is 23.3. The molecular formula is C27H30ClN3O3S. The predicted molar refractivity (Wildman–Crippen MR) is 145 cm³/mol. The molecule has 0 radical (unpaired) electrons. The van der Waals surface area contributed by atoms with Gasteiger partial charge in [0, 0.05) is 32.2 Å². The van der Waals surface area contributed by atoms with E-state index in [1.165, 1.54) is 0 Å². The van der Waals surface area contributed by atoms with Gasteiger partial charge in [0.25, 0.3) is 0 Å². The average molecular weight is 512 g/mol. The molecule has 1 aliphatic heterocycles. The summed E-state index contributed by atoms with van der Waals surface area (Å²) in [7, 11) is 1.65. The number of hydrogen-bond acceptors (Lipinski definition) is 6. The summed E-state index contributed by atoms with van der Waals surface area (Å²) in [5.41, 5.74) is 1.90. The first-order valence-corrected chi connectivity index (χ1v) is 12.5. The van der Waals surface area contributed by atoms with E-state index in [9.17, 15) is 4.79 Å². The first-order valence-electron chi connectivity index (χ1n) is 11.7. The standard InChI is InChI=1S/C27H29N3O3S.ClH/c1-32-22-10-11-25-24(19-22)28-27(34-25)30(13-5-12-29-14-16-33-17-15-29)26(31)18-21-8-4-7-20-6-2-3-9-23(20)21;/h2-4,6-11,19H,5,12-18H2,1H3;1H. The molecule has 2 heterocycles. The van der Waals surface area contributed by atoms with Crippen molar-refractivity contribution in [2.75, 3.05) is 51.4 Å². The molecule has 0 spiro atoms. The first kappa shape index (κ1) is 25.4. The van der Waals surface area contributed by atoms with Crippen molar-refractivity contribution in [1.29, 1.82) is 0 Å². The summed E-state index contributed by atoms with van der Waals surface area (Å²) in [6.45, 7) is 5.04. The fourth-order valence-corrected chi connectivity index (χ4v) is 5.44. The Bertz CT molecular complexity index is 1280. The molecule has 1 saturated heterocycles. The Hall–Kier alpha value is -2.71. The third-order valence-electron chi connectivity index (χ3n) is 6.30. The molecule has 0 unspecified atom stereocenters. The summed E-state index contributed by atoms with van der Waals surface area (Å²) in [6, 6.07) is 20.3. The lowest BCUT2D eigenvalue weighted by Gasteiger charge is -2.27. The number of aromatic nitrogens is 1. The topological polar surface area (TPSA) is 54.9 Å². The molecule has 1 aromatic heterocycles. The highest BCUT2D eigenvalue weighted by Crippen LogP contribution is 2.32. The summed E-state index contributed by atoms with van der Waals surface area (Å²) in [4.78, 5) is 22.8. The number of ether oxygens (including phenoxy) is 2. The van der Waals surface area contributed by atoms with Gasteiger partial charge < -0.3 is 9.47 Å². The fraction of sp³-hybridized carbons (Fsp3) is 0.333. The van der Waals surface area contributed by atoms with Crippen LogP contribution in [0.4, 0.5) is 5.13 Å². The van der Waals surface area contributed by atoms with Crippen molar-refractivity contribution < 1.29 is 14.3 Å². The Balaban J connectivity index is 0.00000289. The van der Waals surface area contributed by atoms with Gasteiger partial charge in [-0.3, -0.25) is 14.6 Å². The molecule has 0 atom stereocenters. The molecule has 8 heteroatoms. The van der Waals surface area contributed by atoms with E-state index in [2.05, 4.69) is 29.2 Å². The van der Waals surface area contributed by atoms with E-state index < -0.39 is 0 Å². The second kappa shape index (κ2) is 11.8. The van der Waals surface area contributed by atoms with Crippen LogP contribution >= 0.6 is 23.7 Å². The van der Waals surface area contributed by atoms with Crippen molar-refractivity contribution in [3.63, 3.8) is 0 Å². The number of thiazole rings is 1. The van der Waals surface area contributed by atoms with E-state index in [1.54, 1.807) is 18.4 Å². The van der Waals surface area contributed by atoms with Crippen molar-refractivity contribution in [2.24, 2.45) is 0 Å². The number of carbonyl (C=O) groups is 1. The number of morpholine rings is 1. The second-order valence-electron chi connectivity index (χ2n) is 8.50. The summed E-state index contributed by atoms with van der Waals surface area (Å²) in [5.74, 6) is 0.842. The van der Waals surface area contributed by atoms with Crippen molar-refractivity contribution >= 4 is 55.8 Å². The maximum Gasteiger partial charge on any atom is 0.233 e. The van der Waals surface area contributed by atoms with Crippen LogP contribution in [0.15, 0.2) is 60.7 Å². The van der Waals surface area contributed by atoms with Crippen LogP contribution in [-0.2, 0) is 16.0 Å². The number of carbonyl (C=O) groups excluding carboxylic acids is 1. The maximum atomic E-state index is 13.7. The van der Waals surface area contributed by atoms with E-state index in [0.717, 1.165) is 76.7 Å². The van der Waals surface area contributed by atoms with Gasteiger partial charge in [0.15, 0.2) is 5.13 Å². The predicted octanol–water partition coefficient (Wildman–Crippen LogP) is 5.18. The monoisotopic (exact) mass is 511 g/mol. The first-order chi connectivity index (χ1) is 16.7. The summed E-state index contributed by atoms with van der Waals surface area (Å²) >= 11 is 1.56. The van der Waals surface area contributed by atoms with Gasteiger partial charge in [-0.15, -0.1) is 12.4 Å². The molecule has 0 saturated carbocycles. The number of methoxy groups -OCH3 is 1. The SMILES string of the molecule is COc1ccc2sc(N(CCCN3CCOCC3)C(=O)Cc3cccc4ccccc34)nc2c1.Cl. The molecule has 3 aromatic carbocycles. The number of amides is 1. The highest BCUT2D eigenvalue weighted by Gasteiger charge is 2.21. The van der Waals surface area contributed by atoms with E-state index in [1.807, 2.05) is 41.3 Å². The van der Waals surface area contributed by atoms with Crippen LogP contribution in [0.2, 0.25) is 0 Å². The smallest absolute Gasteiger partial charge is 0.233 e. The van der Waals surface area contributed by atoms with E-state index >= 15 is 0 Å². The van der Waals surface area contributed by atoms with Gasteiger partial charge >= 0.3 is 0 Å². The molecule has 1 amide bonds. The number of anilines is 1. The largest absolute Gasteiger partial charge is 0.497 e. The molecule has 5 rings (SSSR count). The van der Waals surface area contributed by atoms with Gasteiger partial charge in [-0.05, 0) is 34.9 Å². The molecule has 0 aliphatic carbocycles. The highest BCUT2D eigenvalue weighted by atomic mass is 35.5. The fourth-order valence-electron chi connectivity index (χ4n) is 4.45. The van der Waals surface area contributed by atoms with Crippen LogP contribution in [-0.4, -0.2) is 62.3 Å². The van der Waals surface area contributed by atoms with Crippen LogP contribution in [0.1, 0.15) is 12.0 Å². The Labute approximate surface area is 215 Å². The lowest BCUT2D eigenvalue weighted by molar-refractivity contribution is -0.118. The Morgan fingerprint density at radius 2 is 1.91 bits per heavy atom. The molecule has 1 aliphatic rings. The van der Waals surface area contributed by atoms with Crippen LogP contribution in [0, 0.1) is 0 Å². The van der Waals surface area contributed by atoms with Crippen LogP contribution in [0.5, 0.6) is 5.75 Å². The lowest BCUT2D eigenvalue weighted by atomic mass is 10.0. The highest BCUT2D eigenvalue weighted by molar-refractivity contribution is 7.22. The number of benzene rings is 3. The van der Waals surface area contributed by atoms with Gasteiger partial charge in [-0.25, -0.2) is 4.98 Å². The summed E-state index contributed by atoms with van der Waals surface area (Å²) in [6.07, 6.45) is 1.23. The molecule has 4 aromatic rings. The summed E-state index contributed by atoms with van der Waals surface area (Å²) < 4.78 is 11.9. The molecule has 1 fully saturated rings.